The standard InChI is InChI=1S/C18H17N5O2/c1-2-23-16-9-12(20)6-7-14(16)15(10-19)17(23)21-18(24)11-4-3-5-13(8-11)22-25/h3-9,22,25H,2,20H2,1H3,(H,21,24)/p+2. The van der Waals surface area contributed by atoms with Crippen LogP contribution in [0, 0.1) is 11.3 Å². The van der Waals surface area contributed by atoms with E-state index >= 15 is 0 Å². The molecule has 0 aliphatic carbocycles. The number of rotatable bonds is 4. The number of nitrogens with zero attached hydrogens (tertiary/aromatic N) is 2. The first kappa shape index (κ1) is 16.7. The fourth-order valence-corrected chi connectivity index (χ4v) is 2.91. The molecule has 0 spiro atoms. The van der Waals surface area contributed by atoms with Gasteiger partial charge in [0, 0.05) is 35.7 Å². The summed E-state index contributed by atoms with van der Waals surface area (Å²) in [5.41, 5.74) is 7.93. The Labute approximate surface area is 144 Å². The molecule has 2 aromatic carbocycles. The third-order valence-corrected chi connectivity index (χ3v) is 4.09. The Morgan fingerprint density at radius 1 is 1.36 bits per heavy atom. The van der Waals surface area contributed by atoms with Crippen LogP contribution < -0.4 is 16.5 Å². The molecule has 0 aliphatic rings. The van der Waals surface area contributed by atoms with Gasteiger partial charge in [-0.3, -0.25) is 4.79 Å². The monoisotopic (exact) mass is 337 g/mol. The Morgan fingerprint density at radius 2 is 2.16 bits per heavy atom. The van der Waals surface area contributed by atoms with E-state index in [-0.39, 0.29) is 5.91 Å². The van der Waals surface area contributed by atoms with Gasteiger partial charge in [-0.1, -0.05) is 6.07 Å². The van der Waals surface area contributed by atoms with E-state index in [4.69, 9.17) is 5.21 Å². The van der Waals surface area contributed by atoms with Crippen molar-refractivity contribution in [2.45, 2.75) is 13.5 Å². The molecule has 3 rings (SSSR count). The predicted octanol–water partition coefficient (Wildman–Crippen LogP) is 1.24. The van der Waals surface area contributed by atoms with Crippen molar-refractivity contribution in [1.29, 1.82) is 5.26 Å². The highest BCUT2D eigenvalue weighted by atomic mass is 16.5. The molecule has 1 amide bonds. The molecule has 0 fully saturated rings. The zero-order chi connectivity index (χ0) is 18.0. The molecule has 0 aliphatic heterocycles. The van der Waals surface area contributed by atoms with Gasteiger partial charge >= 0.3 is 0 Å². The number of carbonyl (C=O) groups is 1. The topological polar surface area (TPSA) is 122 Å². The van der Waals surface area contributed by atoms with E-state index in [0.717, 1.165) is 22.1 Å². The number of aryl methyl sites for hydroxylation is 1. The lowest BCUT2D eigenvalue weighted by atomic mass is 10.1. The van der Waals surface area contributed by atoms with Crippen molar-refractivity contribution < 1.29 is 21.2 Å². The fourth-order valence-electron chi connectivity index (χ4n) is 2.91. The molecule has 0 atom stereocenters. The fraction of sp³-hybridized carbons (Fsp3) is 0.111. The summed E-state index contributed by atoms with van der Waals surface area (Å²) in [7, 11) is 0. The molecule has 3 aromatic rings. The molecule has 0 unspecified atom stereocenters. The van der Waals surface area contributed by atoms with E-state index in [9.17, 15) is 10.1 Å². The van der Waals surface area contributed by atoms with Gasteiger partial charge in [-0.25, -0.2) is 5.21 Å². The number of aromatic nitrogens is 1. The molecule has 25 heavy (non-hydrogen) atoms. The summed E-state index contributed by atoms with van der Waals surface area (Å²) in [4.78, 5) is 12.6. The number of amides is 1. The maximum Gasteiger partial charge on any atom is 0.257 e. The minimum atomic E-state index is -0.340. The second-order valence-electron chi connectivity index (χ2n) is 5.64. The maximum atomic E-state index is 12.6. The largest absolute Gasteiger partial charge is 0.326 e. The van der Waals surface area contributed by atoms with Crippen LogP contribution in [0.3, 0.4) is 0 Å². The Balaban J connectivity index is 2.09. The molecular formula is C18H19N5O2+2. The third kappa shape index (κ3) is 2.97. The quantitative estimate of drug-likeness (QED) is 0.423. The van der Waals surface area contributed by atoms with Gasteiger partial charge in [-0.15, -0.1) is 0 Å². The number of anilines is 1. The first-order valence-electron chi connectivity index (χ1n) is 7.86. The van der Waals surface area contributed by atoms with E-state index in [1.165, 1.54) is 0 Å². The number of carbonyl (C=O) groups excluding carboxylic acids is 1. The minimum Gasteiger partial charge on any atom is -0.326 e. The molecule has 7 heteroatoms. The number of nitrogens with two attached hydrogens (primary N) is 1. The first-order valence-corrected chi connectivity index (χ1v) is 7.86. The molecule has 7 N–H and O–H groups in total. The molecule has 1 aromatic heterocycles. The maximum absolute atomic E-state index is 12.6. The summed E-state index contributed by atoms with van der Waals surface area (Å²) in [6.07, 6.45) is 0. The van der Waals surface area contributed by atoms with Crippen LogP contribution in [0.4, 0.5) is 17.2 Å². The molecule has 1 heterocycles. The van der Waals surface area contributed by atoms with Crippen molar-refractivity contribution in [2.24, 2.45) is 0 Å². The molecule has 7 nitrogen and oxygen atoms in total. The van der Waals surface area contributed by atoms with Crippen molar-refractivity contribution in [1.82, 2.24) is 4.57 Å². The Hall–Kier alpha value is -3.18. The van der Waals surface area contributed by atoms with Crippen LogP contribution >= 0.6 is 0 Å². The van der Waals surface area contributed by atoms with Crippen molar-refractivity contribution in [3.05, 3.63) is 53.6 Å². The lowest BCUT2D eigenvalue weighted by Gasteiger charge is -2.10. The van der Waals surface area contributed by atoms with E-state index in [0.29, 0.717) is 29.2 Å². The number of benzene rings is 2. The van der Waals surface area contributed by atoms with Gasteiger partial charge in [0.15, 0.2) is 5.69 Å². The van der Waals surface area contributed by atoms with Gasteiger partial charge in [-0.05, 0) is 25.1 Å². The Morgan fingerprint density at radius 3 is 2.84 bits per heavy atom. The molecule has 0 bridgehead atoms. The summed E-state index contributed by atoms with van der Waals surface area (Å²) in [6.45, 7) is 2.55. The average molecular weight is 337 g/mol. The van der Waals surface area contributed by atoms with E-state index in [2.05, 4.69) is 17.1 Å². The van der Waals surface area contributed by atoms with Crippen molar-refractivity contribution in [3.63, 3.8) is 0 Å². The molecule has 0 radical (unpaired) electrons. The predicted molar refractivity (Wildman–Crippen MR) is 92.6 cm³/mol. The van der Waals surface area contributed by atoms with Gasteiger partial charge < -0.3 is 15.6 Å². The number of hydrogen-bond acceptors (Lipinski definition) is 3. The first-order chi connectivity index (χ1) is 12.1. The van der Waals surface area contributed by atoms with Crippen LogP contribution in [0.1, 0.15) is 22.8 Å². The Kier molecular flexibility index (Phi) is 4.50. The molecule has 0 saturated heterocycles. The van der Waals surface area contributed by atoms with Crippen LogP contribution in [-0.2, 0) is 6.54 Å². The number of nitrogens with one attached hydrogen (secondary N) is 1. The second kappa shape index (κ2) is 6.75. The summed E-state index contributed by atoms with van der Waals surface area (Å²) >= 11 is 0. The van der Waals surface area contributed by atoms with Crippen molar-refractivity contribution in [2.75, 3.05) is 5.32 Å². The second-order valence-corrected chi connectivity index (χ2v) is 5.64. The zero-order valence-corrected chi connectivity index (χ0v) is 13.8. The smallest absolute Gasteiger partial charge is 0.257 e. The minimum absolute atomic E-state index is 0.340. The summed E-state index contributed by atoms with van der Waals surface area (Å²) in [5, 5.41) is 22.3. The molecule has 0 saturated carbocycles. The van der Waals surface area contributed by atoms with Crippen LogP contribution in [0.25, 0.3) is 10.9 Å². The SMILES string of the molecule is CCn1c(NC(=O)c2cccc([NH2+]O)c2)c(C#N)c2ccc([NH3+])cc21. The van der Waals surface area contributed by atoms with E-state index < -0.39 is 0 Å². The summed E-state index contributed by atoms with van der Waals surface area (Å²) < 4.78 is 1.89. The van der Waals surface area contributed by atoms with E-state index in [1.807, 2.05) is 29.7 Å². The van der Waals surface area contributed by atoms with Gasteiger partial charge in [0.05, 0.1) is 5.52 Å². The Bertz CT molecular complexity index is 1000. The number of nitriles is 1. The number of quaternary nitrogens is 2. The lowest BCUT2D eigenvalue weighted by molar-refractivity contribution is -0.825. The highest BCUT2D eigenvalue weighted by Gasteiger charge is 2.20. The number of fused-ring (bicyclic) bond motifs is 1. The summed E-state index contributed by atoms with van der Waals surface area (Å²) in [5.74, 6) is 0.126. The highest BCUT2D eigenvalue weighted by Crippen LogP contribution is 2.31. The third-order valence-electron chi connectivity index (χ3n) is 4.09. The normalized spacial score (nSPS) is 10.6. The summed E-state index contributed by atoms with van der Waals surface area (Å²) in [6, 6.07) is 14.4. The van der Waals surface area contributed by atoms with Gasteiger partial charge in [0.25, 0.3) is 5.91 Å². The average Bonchev–Trinajstić information content (AvgIpc) is 2.92. The molecule has 126 valence electrons. The van der Waals surface area contributed by atoms with Crippen LogP contribution in [-0.4, -0.2) is 15.7 Å². The van der Waals surface area contributed by atoms with Crippen LogP contribution in [0.5, 0.6) is 0 Å². The number of hydrogen-bond donors (Lipinski definition) is 4. The van der Waals surface area contributed by atoms with E-state index in [1.54, 1.807) is 24.3 Å². The van der Waals surface area contributed by atoms with Crippen molar-refractivity contribution >= 4 is 34.0 Å². The van der Waals surface area contributed by atoms with Gasteiger partial charge in [0.2, 0.25) is 0 Å². The van der Waals surface area contributed by atoms with Gasteiger partial charge in [0.1, 0.15) is 23.1 Å². The zero-order valence-electron chi connectivity index (χ0n) is 13.8. The van der Waals surface area contributed by atoms with Crippen molar-refractivity contribution in [3.8, 4) is 6.07 Å². The lowest BCUT2D eigenvalue weighted by Crippen LogP contribution is -2.73. The van der Waals surface area contributed by atoms with Gasteiger partial charge in [-0.2, -0.15) is 10.7 Å². The van der Waals surface area contributed by atoms with Crippen LogP contribution in [0.15, 0.2) is 42.5 Å². The van der Waals surface area contributed by atoms with Crippen LogP contribution in [0.2, 0.25) is 0 Å². The highest BCUT2D eigenvalue weighted by molar-refractivity contribution is 6.07. The molecular weight excluding hydrogens is 318 g/mol.